The van der Waals surface area contributed by atoms with Crippen LogP contribution in [0.2, 0.25) is 0 Å². The standard InChI is InChI=1S/C10H13FN2O3S/c11-17(15,16)7-9-3-10(14)13(6-9)5-8-1-2-12-4-8/h1-2,4,9,12H,3,5-7H2. The van der Waals surface area contributed by atoms with Crippen LogP contribution < -0.4 is 0 Å². The van der Waals surface area contributed by atoms with Gasteiger partial charge in [-0.15, -0.1) is 3.89 Å². The van der Waals surface area contributed by atoms with Gasteiger partial charge in [0.25, 0.3) is 0 Å². The molecule has 1 N–H and O–H groups in total. The molecule has 2 heterocycles. The van der Waals surface area contributed by atoms with Crippen molar-refractivity contribution in [2.45, 2.75) is 13.0 Å². The second kappa shape index (κ2) is 4.48. The van der Waals surface area contributed by atoms with E-state index in [1.807, 2.05) is 6.07 Å². The van der Waals surface area contributed by atoms with Gasteiger partial charge in [-0.2, -0.15) is 8.42 Å². The van der Waals surface area contributed by atoms with Crippen molar-refractivity contribution in [3.05, 3.63) is 24.0 Å². The van der Waals surface area contributed by atoms with Gasteiger partial charge < -0.3 is 9.88 Å². The molecule has 1 aliphatic rings. The molecule has 94 valence electrons. The smallest absolute Gasteiger partial charge is 0.302 e. The highest BCUT2D eigenvalue weighted by molar-refractivity contribution is 7.86. The Labute approximate surface area is 98.8 Å². The number of likely N-dealkylation sites (tertiary alicyclic amines) is 1. The number of aromatic nitrogens is 1. The average Bonchev–Trinajstić information content (AvgIpc) is 2.75. The SMILES string of the molecule is O=C1CC(CS(=O)(=O)F)CN1Cc1cc[nH]c1. The van der Waals surface area contributed by atoms with Gasteiger partial charge in [-0.05, 0) is 11.6 Å². The molecule has 1 atom stereocenters. The summed E-state index contributed by atoms with van der Waals surface area (Å²) in [5, 5.41) is 0. The van der Waals surface area contributed by atoms with Gasteiger partial charge >= 0.3 is 10.2 Å². The third-order valence-corrected chi connectivity index (χ3v) is 3.63. The topological polar surface area (TPSA) is 70.2 Å². The Morgan fingerprint density at radius 1 is 1.53 bits per heavy atom. The van der Waals surface area contributed by atoms with E-state index in [0.29, 0.717) is 13.1 Å². The predicted octanol–water partition coefficient (Wildman–Crippen LogP) is 0.663. The second-order valence-corrected chi connectivity index (χ2v) is 5.68. The molecule has 0 radical (unpaired) electrons. The lowest BCUT2D eigenvalue weighted by molar-refractivity contribution is -0.128. The van der Waals surface area contributed by atoms with Crippen molar-refractivity contribution in [3.8, 4) is 0 Å². The number of carbonyl (C=O) groups excluding carboxylic acids is 1. The fourth-order valence-electron chi connectivity index (χ4n) is 2.08. The summed E-state index contributed by atoms with van der Waals surface area (Å²) < 4.78 is 33.5. The number of carbonyl (C=O) groups is 1. The van der Waals surface area contributed by atoms with Crippen molar-refractivity contribution in [2.75, 3.05) is 12.3 Å². The van der Waals surface area contributed by atoms with Crippen LogP contribution in [0.25, 0.3) is 0 Å². The summed E-state index contributed by atoms with van der Waals surface area (Å²) in [5.41, 5.74) is 0.946. The molecule has 1 unspecified atom stereocenters. The average molecular weight is 260 g/mol. The lowest BCUT2D eigenvalue weighted by Crippen LogP contribution is -2.25. The van der Waals surface area contributed by atoms with Crippen LogP contribution in [0.4, 0.5) is 3.89 Å². The summed E-state index contributed by atoms with van der Waals surface area (Å²) in [6.45, 7) is 0.734. The van der Waals surface area contributed by atoms with E-state index in [1.165, 1.54) is 0 Å². The Morgan fingerprint density at radius 2 is 2.29 bits per heavy atom. The Hall–Kier alpha value is -1.37. The minimum Gasteiger partial charge on any atom is -0.367 e. The third kappa shape index (κ3) is 3.29. The second-order valence-electron chi connectivity index (χ2n) is 4.27. The maximum Gasteiger partial charge on any atom is 0.302 e. The number of nitrogens with one attached hydrogen (secondary N) is 1. The highest BCUT2D eigenvalue weighted by Crippen LogP contribution is 2.21. The van der Waals surface area contributed by atoms with E-state index in [4.69, 9.17) is 0 Å². The third-order valence-electron chi connectivity index (χ3n) is 2.77. The van der Waals surface area contributed by atoms with E-state index in [2.05, 4.69) is 4.98 Å². The van der Waals surface area contributed by atoms with Crippen LogP contribution in [0.5, 0.6) is 0 Å². The number of amides is 1. The molecule has 1 aromatic heterocycles. The van der Waals surface area contributed by atoms with Gasteiger partial charge in [0.2, 0.25) is 5.91 Å². The fraction of sp³-hybridized carbons (Fsp3) is 0.500. The van der Waals surface area contributed by atoms with Crippen LogP contribution in [0, 0.1) is 5.92 Å². The summed E-state index contributed by atoms with van der Waals surface area (Å²) in [6.07, 6.45) is 3.62. The van der Waals surface area contributed by atoms with E-state index in [0.717, 1.165) is 5.56 Å². The molecule has 1 aromatic rings. The molecular weight excluding hydrogens is 247 g/mol. The first-order valence-electron chi connectivity index (χ1n) is 5.26. The molecule has 5 nitrogen and oxygen atoms in total. The van der Waals surface area contributed by atoms with Crippen LogP contribution in [-0.2, 0) is 21.6 Å². The van der Waals surface area contributed by atoms with Gasteiger partial charge in [-0.3, -0.25) is 4.79 Å². The molecule has 0 spiro atoms. The van der Waals surface area contributed by atoms with E-state index >= 15 is 0 Å². The number of hydrogen-bond acceptors (Lipinski definition) is 3. The zero-order chi connectivity index (χ0) is 12.5. The number of hydrogen-bond donors (Lipinski definition) is 1. The lowest BCUT2D eigenvalue weighted by Gasteiger charge is -2.15. The summed E-state index contributed by atoms with van der Waals surface area (Å²) in [4.78, 5) is 16.0. The zero-order valence-corrected chi connectivity index (χ0v) is 9.91. The lowest BCUT2D eigenvalue weighted by atomic mass is 10.1. The minimum absolute atomic E-state index is 0.105. The number of halogens is 1. The summed E-state index contributed by atoms with van der Waals surface area (Å²) in [5.74, 6) is -1.13. The Kier molecular flexibility index (Phi) is 3.19. The van der Waals surface area contributed by atoms with E-state index in [-0.39, 0.29) is 12.3 Å². The van der Waals surface area contributed by atoms with Crippen LogP contribution in [0.3, 0.4) is 0 Å². The predicted molar refractivity (Wildman–Crippen MR) is 59.2 cm³/mol. The van der Waals surface area contributed by atoms with Gasteiger partial charge in [0, 0.05) is 37.8 Å². The molecular formula is C10H13FN2O3S. The normalized spacial score (nSPS) is 21.1. The van der Waals surface area contributed by atoms with Gasteiger partial charge in [0.05, 0.1) is 5.75 Å². The van der Waals surface area contributed by atoms with Crippen molar-refractivity contribution in [3.63, 3.8) is 0 Å². The first-order chi connectivity index (χ1) is 7.94. The molecule has 2 rings (SSSR count). The van der Waals surface area contributed by atoms with Crippen LogP contribution in [0.1, 0.15) is 12.0 Å². The maximum absolute atomic E-state index is 12.5. The van der Waals surface area contributed by atoms with Gasteiger partial charge in [0.15, 0.2) is 0 Å². The first-order valence-corrected chi connectivity index (χ1v) is 6.81. The van der Waals surface area contributed by atoms with E-state index in [1.54, 1.807) is 17.3 Å². The molecule has 0 aromatic carbocycles. The molecule has 1 saturated heterocycles. The molecule has 1 amide bonds. The van der Waals surface area contributed by atoms with Gasteiger partial charge in [0.1, 0.15) is 0 Å². The number of aromatic amines is 1. The van der Waals surface area contributed by atoms with Crippen molar-refractivity contribution in [1.82, 2.24) is 9.88 Å². The molecule has 1 fully saturated rings. The fourth-order valence-corrected chi connectivity index (χ4v) is 2.86. The number of nitrogens with zero attached hydrogens (tertiary/aromatic N) is 1. The number of H-pyrrole nitrogens is 1. The molecule has 0 aliphatic carbocycles. The Morgan fingerprint density at radius 3 is 2.88 bits per heavy atom. The van der Waals surface area contributed by atoms with Gasteiger partial charge in [-0.25, -0.2) is 0 Å². The van der Waals surface area contributed by atoms with E-state index < -0.39 is 21.9 Å². The van der Waals surface area contributed by atoms with Crippen molar-refractivity contribution in [2.24, 2.45) is 5.92 Å². The highest BCUT2D eigenvalue weighted by Gasteiger charge is 2.32. The molecule has 1 aliphatic heterocycles. The minimum atomic E-state index is -4.50. The Balaban J connectivity index is 1.96. The quantitative estimate of drug-likeness (QED) is 0.809. The molecule has 0 bridgehead atoms. The number of rotatable bonds is 4. The van der Waals surface area contributed by atoms with Crippen LogP contribution in [0.15, 0.2) is 18.5 Å². The molecule has 17 heavy (non-hydrogen) atoms. The van der Waals surface area contributed by atoms with Crippen LogP contribution in [-0.4, -0.2) is 36.5 Å². The maximum atomic E-state index is 12.5. The van der Waals surface area contributed by atoms with E-state index in [9.17, 15) is 17.1 Å². The monoisotopic (exact) mass is 260 g/mol. The Bertz CT molecular complexity index is 498. The van der Waals surface area contributed by atoms with Crippen molar-refractivity contribution < 1.29 is 17.1 Å². The zero-order valence-electron chi connectivity index (χ0n) is 9.10. The largest absolute Gasteiger partial charge is 0.367 e. The van der Waals surface area contributed by atoms with Crippen molar-refractivity contribution in [1.29, 1.82) is 0 Å². The molecule has 0 saturated carbocycles. The first kappa shape index (κ1) is 12.1. The molecule has 7 heteroatoms. The summed E-state index contributed by atoms with van der Waals surface area (Å²) in [7, 11) is -4.50. The van der Waals surface area contributed by atoms with Gasteiger partial charge in [-0.1, -0.05) is 0 Å². The van der Waals surface area contributed by atoms with Crippen molar-refractivity contribution >= 4 is 16.1 Å². The summed E-state index contributed by atoms with van der Waals surface area (Å²) in [6, 6.07) is 1.84. The highest BCUT2D eigenvalue weighted by atomic mass is 32.3. The summed E-state index contributed by atoms with van der Waals surface area (Å²) >= 11 is 0. The van der Waals surface area contributed by atoms with Crippen LogP contribution >= 0.6 is 0 Å².